The Labute approximate surface area is 214 Å². The SMILES string of the molecule is Cc1cc(-c2ccc(Cc3cccc4nc(C(N)=O)c(-c5ccccc5F)nc34)s2)ccc1OC(F)F. The number of fused-ring (bicyclic) bond motifs is 1. The number of nitrogens with two attached hydrogens (primary N) is 1. The van der Waals surface area contributed by atoms with Crippen LogP contribution in [-0.2, 0) is 6.42 Å². The topological polar surface area (TPSA) is 78.1 Å². The summed E-state index contributed by atoms with van der Waals surface area (Å²) in [6.45, 7) is -1.16. The molecule has 2 N–H and O–H groups in total. The molecular formula is C28H20F3N3O2S. The maximum absolute atomic E-state index is 14.6. The zero-order chi connectivity index (χ0) is 26.1. The van der Waals surface area contributed by atoms with Crippen LogP contribution in [0.5, 0.6) is 5.75 Å². The van der Waals surface area contributed by atoms with Gasteiger partial charge in [0.25, 0.3) is 5.91 Å². The number of aromatic nitrogens is 2. The fourth-order valence-corrected chi connectivity index (χ4v) is 5.16. The number of amides is 1. The van der Waals surface area contributed by atoms with Crippen molar-refractivity contribution in [2.45, 2.75) is 20.0 Å². The van der Waals surface area contributed by atoms with Crippen LogP contribution < -0.4 is 10.5 Å². The molecule has 2 aromatic heterocycles. The Morgan fingerprint density at radius 3 is 2.57 bits per heavy atom. The molecule has 0 spiro atoms. The predicted octanol–water partition coefficient (Wildman–Crippen LogP) is 6.76. The summed E-state index contributed by atoms with van der Waals surface area (Å²) in [5.74, 6) is -1.17. The molecule has 0 aliphatic carbocycles. The molecular weight excluding hydrogens is 499 g/mol. The molecule has 0 radical (unpaired) electrons. The third kappa shape index (κ3) is 5.03. The Bertz CT molecular complexity index is 1630. The number of para-hydroxylation sites is 1. The van der Waals surface area contributed by atoms with Gasteiger partial charge in [-0.25, -0.2) is 14.4 Å². The van der Waals surface area contributed by atoms with Crippen LogP contribution in [-0.4, -0.2) is 22.5 Å². The van der Waals surface area contributed by atoms with Crippen molar-refractivity contribution in [2.75, 3.05) is 0 Å². The molecule has 0 fully saturated rings. The van der Waals surface area contributed by atoms with Gasteiger partial charge < -0.3 is 10.5 Å². The molecule has 0 aliphatic heterocycles. The van der Waals surface area contributed by atoms with Crippen molar-refractivity contribution in [1.29, 1.82) is 0 Å². The van der Waals surface area contributed by atoms with Gasteiger partial charge in [-0.2, -0.15) is 8.78 Å². The Hall–Kier alpha value is -4.24. The average molecular weight is 520 g/mol. The minimum absolute atomic E-state index is 0.0946. The first-order valence-electron chi connectivity index (χ1n) is 11.3. The number of alkyl halides is 2. The van der Waals surface area contributed by atoms with E-state index in [2.05, 4.69) is 14.7 Å². The lowest BCUT2D eigenvalue weighted by Crippen LogP contribution is -2.16. The minimum Gasteiger partial charge on any atom is -0.435 e. The molecule has 1 amide bonds. The molecule has 186 valence electrons. The van der Waals surface area contributed by atoms with Crippen LogP contribution in [0, 0.1) is 12.7 Å². The van der Waals surface area contributed by atoms with E-state index >= 15 is 0 Å². The van der Waals surface area contributed by atoms with Crippen molar-refractivity contribution in [2.24, 2.45) is 5.73 Å². The van der Waals surface area contributed by atoms with Gasteiger partial charge in [0.05, 0.1) is 11.0 Å². The Balaban J connectivity index is 1.51. The van der Waals surface area contributed by atoms with Crippen molar-refractivity contribution in [1.82, 2.24) is 9.97 Å². The maximum Gasteiger partial charge on any atom is 0.387 e. The van der Waals surface area contributed by atoms with Gasteiger partial charge in [-0.3, -0.25) is 4.79 Å². The molecule has 0 saturated heterocycles. The van der Waals surface area contributed by atoms with E-state index in [1.54, 1.807) is 42.5 Å². The molecule has 0 aliphatic rings. The van der Waals surface area contributed by atoms with Crippen molar-refractivity contribution >= 4 is 28.3 Å². The second-order valence-electron chi connectivity index (χ2n) is 8.35. The number of benzene rings is 3. The quantitative estimate of drug-likeness (QED) is 0.258. The maximum atomic E-state index is 14.6. The van der Waals surface area contributed by atoms with E-state index in [-0.39, 0.29) is 22.7 Å². The smallest absolute Gasteiger partial charge is 0.387 e. The summed E-state index contributed by atoms with van der Waals surface area (Å²) in [7, 11) is 0. The van der Waals surface area contributed by atoms with Crippen LogP contribution in [0.1, 0.15) is 26.5 Å². The number of carbonyl (C=O) groups is 1. The van der Waals surface area contributed by atoms with Gasteiger partial charge in [-0.15, -0.1) is 11.3 Å². The molecule has 0 atom stereocenters. The number of primary amides is 1. The van der Waals surface area contributed by atoms with Gasteiger partial charge in [-0.05, 0) is 72.1 Å². The highest BCUT2D eigenvalue weighted by Crippen LogP contribution is 2.34. The lowest BCUT2D eigenvalue weighted by atomic mass is 10.0. The van der Waals surface area contributed by atoms with Gasteiger partial charge in [0, 0.05) is 21.7 Å². The largest absolute Gasteiger partial charge is 0.435 e. The van der Waals surface area contributed by atoms with E-state index < -0.39 is 18.3 Å². The summed E-state index contributed by atoms with van der Waals surface area (Å²) in [4.78, 5) is 23.2. The van der Waals surface area contributed by atoms with E-state index in [0.717, 1.165) is 20.9 Å². The van der Waals surface area contributed by atoms with Crippen LogP contribution in [0.4, 0.5) is 13.2 Å². The lowest BCUT2D eigenvalue weighted by Gasteiger charge is -2.11. The molecule has 5 aromatic rings. The number of carbonyl (C=O) groups excluding carboxylic acids is 1. The molecule has 5 nitrogen and oxygen atoms in total. The van der Waals surface area contributed by atoms with Crippen molar-refractivity contribution in [3.05, 3.63) is 100 Å². The number of hydrogen-bond acceptors (Lipinski definition) is 5. The summed E-state index contributed by atoms with van der Waals surface area (Å²) in [6.07, 6.45) is 0.523. The molecule has 9 heteroatoms. The number of thiophene rings is 1. The fraction of sp³-hybridized carbons (Fsp3) is 0.107. The van der Waals surface area contributed by atoms with Crippen LogP contribution in [0.25, 0.3) is 32.7 Å². The van der Waals surface area contributed by atoms with E-state index in [1.807, 2.05) is 30.3 Å². The van der Waals surface area contributed by atoms with Gasteiger partial charge in [0.2, 0.25) is 0 Å². The number of ether oxygens (including phenoxy) is 1. The lowest BCUT2D eigenvalue weighted by molar-refractivity contribution is -0.0502. The van der Waals surface area contributed by atoms with Crippen LogP contribution in [0.15, 0.2) is 72.8 Å². The zero-order valence-corrected chi connectivity index (χ0v) is 20.4. The Kier molecular flexibility index (Phi) is 6.62. The highest BCUT2D eigenvalue weighted by molar-refractivity contribution is 7.15. The first-order valence-corrected chi connectivity index (χ1v) is 12.1. The zero-order valence-electron chi connectivity index (χ0n) is 19.5. The summed E-state index contributed by atoms with van der Waals surface area (Å²) < 4.78 is 44.3. The number of hydrogen-bond donors (Lipinski definition) is 1. The van der Waals surface area contributed by atoms with E-state index in [4.69, 9.17) is 5.73 Å². The monoisotopic (exact) mass is 519 g/mol. The molecule has 37 heavy (non-hydrogen) atoms. The van der Waals surface area contributed by atoms with Crippen molar-refractivity contribution < 1.29 is 22.7 Å². The molecule has 5 rings (SSSR count). The summed E-state index contributed by atoms with van der Waals surface area (Å²) in [6, 6.07) is 20.5. The predicted molar refractivity (Wildman–Crippen MR) is 137 cm³/mol. The number of rotatable bonds is 7. The molecule has 3 aromatic carbocycles. The second kappa shape index (κ2) is 10.0. The first-order chi connectivity index (χ1) is 17.8. The van der Waals surface area contributed by atoms with Gasteiger partial charge in [-0.1, -0.05) is 24.3 Å². The first kappa shape index (κ1) is 24.5. The standard InChI is InChI=1S/C28H20F3N3O2S/c1-15-13-16(9-11-22(15)36-28(30)31)23-12-10-18(37-23)14-17-5-4-8-21-24(17)34-25(26(33-21)27(32)35)19-6-2-3-7-20(19)29/h2-13,28H,14H2,1H3,(H2,32,35). The van der Waals surface area contributed by atoms with E-state index in [0.29, 0.717) is 23.0 Å². The highest BCUT2D eigenvalue weighted by Gasteiger charge is 2.19. The molecule has 0 unspecified atom stereocenters. The summed E-state index contributed by atoms with van der Waals surface area (Å²) in [5, 5.41) is 0. The second-order valence-corrected chi connectivity index (χ2v) is 9.52. The Morgan fingerprint density at radius 2 is 1.84 bits per heavy atom. The summed E-state index contributed by atoms with van der Waals surface area (Å²) >= 11 is 1.56. The number of nitrogens with zero attached hydrogens (tertiary/aromatic N) is 2. The third-order valence-electron chi connectivity index (χ3n) is 5.84. The molecule has 2 heterocycles. The normalized spacial score (nSPS) is 11.3. The van der Waals surface area contributed by atoms with Crippen molar-refractivity contribution in [3.63, 3.8) is 0 Å². The minimum atomic E-state index is -2.88. The Morgan fingerprint density at radius 1 is 1.03 bits per heavy atom. The average Bonchev–Trinajstić information content (AvgIpc) is 3.33. The van der Waals surface area contributed by atoms with E-state index in [9.17, 15) is 18.0 Å². The van der Waals surface area contributed by atoms with Crippen LogP contribution in [0.2, 0.25) is 0 Å². The van der Waals surface area contributed by atoms with Crippen LogP contribution in [0.3, 0.4) is 0 Å². The molecule has 0 saturated carbocycles. The highest BCUT2D eigenvalue weighted by atomic mass is 32.1. The summed E-state index contributed by atoms with van der Waals surface area (Å²) in [5.41, 5.74) is 9.08. The number of aryl methyl sites for hydroxylation is 1. The van der Waals surface area contributed by atoms with Gasteiger partial charge in [0.1, 0.15) is 17.3 Å². The third-order valence-corrected chi connectivity index (χ3v) is 6.98. The van der Waals surface area contributed by atoms with Crippen molar-refractivity contribution in [3.8, 4) is 27.4 Å². The van der Waals surface area contributed by atoms with E-state index in [1.165, 1.54) is 18.2 Å². The van der Waals surface area contributed by atoms with Crippen LogP contribution >= 0.6 is 11.3 Å². The fourth-order valence-electron chi connectivity index (χ4n) is 4.14. The van der Waals surface area contributed by atoms with Gasteiger partial charge in [0.15, 0.2) is 5.69 Å². The molecule has 0 bridgehead atoms. The van der Waals surface area contributed by atoms with Gasteiger partial charge >= 0.3 is 6.61 Å². The number of halogens is 3.